The molecule has 0 aliphatic carbocycles. The number of nitrogens with one attached hydrogen (secondary N) is 1. The van der Waals surface area contributed by atoms with E-state index >= 15 is 0 Å². The molecular formula is C21H17IN2O4S2. The van der Waals surface area contributed by atoms with Crippen LogP contribution in [0, 0.1) is 3.57 Å². The van der Waals surface area contributed by atoms with Gasteiger partial charge in [-0.15, -0.1) is 11.8 Å². The number of halogens is 1. The Kier molecular flexibility index (Phi) is 6.40. The van der Waals surface area contributed by atoms with Gasteiger partial charge in [-0.1, -0.05) is 48.2 Å². The van der Waals surface area contributed by atoms with E-state index in [1.165, 1.54) is 28.4 Å². The van der Waals surface area contributed by atoms with Gasteiger partial charge in [0.05, 0.1) is 6.42 Å². The average Bonchev–Trinajstić information content (AvgIpc) is 2.72. The van der Waals surface area contributed by atoms with Crippen molar-refractivity contribution in [3.8, 4) is 0 Å². The Balaban J connectivity index is 1.49. The lowest BCUT2D eigenvalue weighted by molar-refractivity contribution is -0.150. The summed E-state index contributed by atoms with van der Waals surface area (Å²) in [5, 5.41) is 12.2. The Bertz CT molecular complexity index is 1040. The smallest absolute Gasteiger partial charge is 0.353 e. The highest BCUT2D eigenvalue weighted by Gasteiger charge is 2.54. The zero-order chi connectivity index (χ0) is 21.3. The second-order valence-electron chi connectivity index (χ2n) is 6.75. The van der Waals surface area contributed by atoms with Crippen LogP contribution in [-0.2, 0) is 20.8 Å². The summed E-state index contributed by atoms with van der Waals surface area (Å²) in [6.07, 6.45) is 0.178. The summed E-state index contributed by atoms with van der Waals surface area (Å²) >= 11 is 5.04. The second kappa shape index (κ2) is 9.03. The van der Waals surface area contributed by atoms with Gasteiger partial charge in [-0.3, -0.25) is 14.5 Å². The molecule has 1 fully saturated rings. The molecule has 2 N–H and O–H groups in total. The highest BCUT2D eigenvalue weighted by atomic mass is 127. The summed E-state index contributed by atoms with van der Waals surface area (Å²) in [5.41, 5.74) is 0.874. The molecule has 0 spiro atoms. The van der Waals surface area contributed by atoms with E-state index in [0.717, 1.165) is 14.0 Å². The quantitative estimate of drug-likeness (QED) is 0.423. The van der Waals surface area contributed by atoms with Gasteiger partial charge in [0, 0.05) is 19.1 Å². The van der Waals surface area contributed by atoms with E-state index < -0.39 is 17.4 Å². The summed E-state index contributed by atoms with van der Waals surface area (Å²) in [4.78, 5) is 39.9. The fraction of sp³-hybridized carbons (Fsp3) is 0.190. The molecule has 4 rings (SSSR count). The minimum Gasteiger partial charge on any atom is -0.477 e. The first kappa shape index (κ1) is 21.3. The Labute approximate surface area is 195 Å². The third kappa shape index (κ3) is 4.37. The summed E-state index contributed by atoms with van der Waals surface area (Å²) < 4.78 is 1.05. The highest BCUT2D eigenvalue weighted by molar-refractivity contribution is 14.1. The van der Waals surface area contributed by atoms with Crippen LogP contribution in [0.4, 0.5) is 0 Å². The lowest BCUT2D eigenvalue weighted by atomic mass is 10.0. The van der Waals surface area contributed by atoms with Gasteiger partial charge in [-0.25, -0.2) is 4.79 Å². The number of β-lactam (4-membered cyclic amide) rings is 1. The predicted octanol–water partition coefficient (Wildman–Crippen LogP) is 3.32. The number of carboxylic acids is 1. The fourth-order valence-electron chi connectivity index (χ4n) is 3.35. The number of aliphatic carboxylic acids is 1. The molecule has 2 heterocycles. The zero-order valence-electron chi connectivity index (χ0n) is 15.6. The molecule has 0 bridgehead atoms. The molecule has 2 aliphatic rings. The van der Waals surface area contributed by atoms with Crippen molar-refractivity contribution in [2.24, 2.45) is 0 Å². The number of benzene rings is 2. The summed E-state index contributed by atoms with van der Waals surface area (Å²) in [6.45, 7) is 0. The largest absolute Gasteiger partial charge is 0.477 e. The van der Waals surface area contributed by atoms with Crippen molar-refractivity contribution in [1.29, 1.82) is 0 Å². The van der Waals surface area contributed by atoms with E-state index in [1.807, 2.05) is 54.6 Å². The minimum atomic E-state index is -1.13. The molecule has 1 saturated heterocycles. The molecule has 2 aliphatic heterocycles. The van der Waals surface area contributed by atoms with E-state index in [-0.39, 0.29) is 23.9 Å². The highest BCUT2D eigenvalue weighted by Crippen LogP contribution is 2.45. The second-order valence-corrected chi connectivity index (χ2v) is 10.3. The number of thioether (sulfide) groups is 2. The van der Waals surface area contributed by atoms with Gasteiger partial charge in [0.25, 0.3) is 5.91 Å². The van der Waals surface area contributed by atoms with Gasteiger partial charge >= 0.3 is 5.97 Å². The third-order valence-corrected chi connectivity index (χ3v) is 7.90. The first-order valence-corrected chi connectivity index (χ1v) is 12.1. The number of nitrogens with zero attached hydrogens (tertiary/aromatic N) is 1. The molecule has 6 nitrogen and oxygen atoms in total. The summed E-state index contributed by atoms with van der Waals surface area (Å²) in [7, 11) is 0. The number of carbonyl (C=O) groups is 3. The van der Waals surface area contributed by atoms with Crippen molar-refractivity contribution in [2.45, 2.75) is 22.7 Å². The Morgan fingerprint density at radius 2 is 1.97 bits per heavy atom. The van der Waals surface area contributed by atoms with Crippen molar-refractivity contribution >= 4 is 63.9 Å². The summed E-state index contributed by atoms with van der Waals surface area (Å²) in [5.74, 6) is -1.29. The molecule has 2 amide bonds. The molecule has 2 aromatic carbocycles. The maximum Gasteiger partial charge on any atom is 0.353 e. The fourth-order valence-corrected chi connectivity index (χ4v) is 6.64. The van der Waals surface area contributed by atoms with Crippen LogP contribution in [0.2, 0.25) is 0 Å². The van der Waals surface area contributed by atoms with Crippen molar-refractivity contribution in [3.05, 3.63) is 74.3 Å². The number of rotatable bonds is 6. The normalized spacial score (nSPS) is 20.4. The topological polar surface area (TPSA) is 86.7 Å². The first-order chi connectivity index (χ1) is 14.4. The van der Waals surface area contributed by atoms with Crippen LogP contribution in [0.3, 0.4) is 0 Å². The first-order valence-electron chi connectivity index (χ1n) is 9.12. The number of hydrogen-bond donors (Lipinski definition) is 2. The number of carboxylic acid groups (broad SMARTS) is 1. The van der Waals surface area contributed by atoms with Crippen LogP contribution in [0.1, 0.15) is 5.56 Å². The molecule has 0 aromatic heterocycles. The van der Waals surface area contributed by atoms with Crippen LogP contribution in [0.25, 0.3) is 0 Å². The minimum absolute atomic E-state index is 0.0150. The van der Waals surface area contributed by atoms with Crippen LogP contribution < -0.4 is 5.32 Å². The van der Waals surface area contributed by atoms with Crippen LogP contribution in [0.5, 0.6) is 0 Å². The van der Waals surface area contributed by atoms with Crippen molar-refractivity contribution in [3.63, 3.8) is 0 Å². The van der Waals surface area contributed by atoms with Gasteiger partial charge in [0.15, 0.2) is 0 Å². The number of hydrogen-bond acceptors (Lipinski definition) is 5. The van der Waals surface area contributed by atoms with E-state index in [4.69, 9.17) is 0 Å². The lowest BCUT2D eigenvalue weighted by Gasteiger charge is -2.49. The molecule has 154 valence electrons. The molecule has 0 saturated carbocycles. The standard InChI is InChI=1S/C21H17IN2O4S2/c22-13-7-4-8-14(10-13)30-15-11-29-20-17(19(26)24(20)18(15)21(27)28)23-16(25)9-12-5-2-1-3-6-12/h1-8,10,17,20H,9,11H2,(H,23,25)(H,27,28)/t17-,20+/m1/s1. The van der Waals surface area contributed by atoms with Gasteiger partial charge in [-0.05, 0) is 46.4 Å². The SMILES string of the molecule is O=C(Cc1ccccc1)N[C@@H]1C(=O)N2C(C(=O)O)=C(Sc3cccc(I)c3)CS[C@@H]12. The zero-order valence-corrected chi connectivity index (χ0v) is 19.4. The molecule has 0 radical (unpaired) electrons. The molecule has 9 heteroatoms. The Hall–Kier alpha value is -1.98. The average molecular weight is 552 g/mol. The van der Waals surface area contributed by atoms with E-state index in [2.05, 4.69) is 27.9 Å². The lowest BCUT2D eigenvalue weighted by Crippen LogP contribution is -2.70. The van der Waals surface area contributed by atoms with Crippen molar-refractivity contribution in [2.75, 3.05) is 5.75 Å². The van der Waals surface area contributed by atoms with E-state index in [1.54, 1.807) is 0 Å². The summed E-state index contributed by atoms with van der Waals surface area (Å²) in [6, 6.07) is 16.3. The third-order valence-electron chi connectivity index (χ3n) is 4.70. The molecule has 2 atom stereocenters. The van der Waals surface area contributed by atoms with Gasteiger partial charge in [0.2, 0.25) is 5.91 Å². The van der Waals surface area contributed by atoms with Gasteiger partial charge in [-0.2, -0.15) is 0 Å². The molecular weight excluding hydrogens is 535 g/mol. The monoisotopic (exact) mass is 552 g/mol. The van der Waals surface area contributed by atoms with Crippen molar-refractivity contribution < 1.29 is 19.5 Å². The van der Waals surface area contributed by atoms with Crippen molar-refractivity contribution in [1.82, 2.24) is 10.2 Å². The van der Waals surface area contributed by atoms with Crippen LogP contribution in [-0.4, -0.2) is 45.0 Å². The molecule has 30 heavy (non-hydrogen) atoms. The predicted molar refractivity (Wildman–Crippen MR) is 125 cm³/mol. The molecule has 0 unspecified atom stereocenters. The number of fused-ring (bicyclic) bond motifs is 1. The number of carbonyl (C=O) groups excluding carboxylic acids is 2. The Morgan fingerprint density at radius 3 is 2.67 bits per heavy atom. The van der Waals surface area contributed by atoms with E-state index in [9.17, 15) is 19.5 Å². The maximum absolute atomic E-state index is 12.7. The number of amides is 2. The van der Waals surface area contributed by atoms with Crippen LogP contribution >= 0.6 is 46.1 Å². The van der Waals surface area contributed by atoms with Gasteiger partial charge < -0.3 is 10.4 Å². The maximum atomic E-state index is 12.7. The van der Waals surface area contributed by atoms with Gasteiger partial charge in [0.1, 0.15) is 17.1 Å². The van der Waals surface area contributed by atoms with E-state index in [0.29, 0.717) is 10.7 Å². The van der Waals surface area contributed by atoms with Crippen LogP contribution in [0.15, 0.2) is 70.1 Å². The Morgan fingerprint density at radius 1 is 1.20 bits per heavy atom. The molecule has 2 aromatic rings.